The molecule has 1 unspecified atom stereocenters. The van der Waals surface area contributed by atoms with Gasteiger partial charge in [-0.25, -0.2) is 4.98 Å². The third-order valence-electron chi connectivity index (χ3n) is 3.57. The number of methoxy groups -OCH3 is 1. The van der Waals surface area contributed by atoms with E-state index in [0.29, 0.717) is 45.1 Å². The van der Waals surface area contributed by atoms with E-state index in [9.17, 15) is 4.79 Å². The predicted molar refractivity (Wildman–Crippen MR) is 77.3 cm³/mol. The Labute approximate surface area is 132 Å². The van der Waals surface area contributed by atoms with Crippen LogP contribution in [0.25, 0.3) is 0 Å². The summed E-state index contributed by atoms with van der Waals surface area (Å²) < 4.78 is 10.7. The van der Waals surface area contributed by atoms with E-state index < -0.39 is 0 Å². The minimum Gasteiger partial charge on any atom is -0.383 e. The summed E-state index contributed by atoms with van der Waals surface area (Å²) in [5.74, 6) is 0.509. The normalized spacial score (nSPS) is 18.3. The highest BCUT2D eigenvalue weighted by Gasteiger charge is 2.28. The van der Waals surface area contributed by atoms with Gasteiger partial charge in [0.2, 0.25) is 11.7 Å². The lowest BCUT2D eigenvalue weighted by atomic mass is 10.2. The summed E-state index contributed by atoms with van der Waals surface area (Å²) in [4.78, 5) is 22.4. The van der Waals surface area contributed by atoms with Gasteiger partial charge in [-0.2, -0.15) is 4.80 Å². The molecule has 2 aromatic rings. The van der Waals surface area contributed by atoms with E-state index in [-0.39, 0.29) is 12.0 Å². The molecule has 10 heteroatoms. The maximum atomic E-state index is 12.3. The maximum Gasteiger partial charge on any atom is 0.228 e. The topological polar surface area (TPSA) is 111 Å². The van der Waals surface area contributed by atoms with Crippen LogP contribution >= 0.6 is 0 Å². The number of aromatic nitrogens is 6. The van der Waals surface area contributed by atoms with Crippen molar-refractivity contribution in [1.82, 2.24) is 35.1 Å². The molecule has 0 spiro atoms. The quantitative estimate of drug-likeness (QED) is 0.740. The highest BCUT2D eigenvalue weighted by molar-refractivity contribution is 5.78. The zero-order chi connectivity index (χ0) is 16.1. The van der Waals surface area contributed by atoms with E-state index >= 15 is 0 Å². The lowest BCUT2D eigenvalue weighted by Crippen LogP contribution is -2.43. The first-order valence-electron chi connectivity index (χ1n) is 7.39. The molecule has 0 aliphatic carbocycles. The number of aromatic amines is 1. The average Bonchev–Trinajstić information content (AvgIpc) is 3.24. The molecule has 1 aliphatic rings. The molecule has 10 nitrogen and oxygen atoms in total. The van der Waals surface area contributed by atoms with Crippen LogP contribution in [-0.2, 0) is 27.2 Å². The number of H-pyrrole nitrogens is 1. The third-order valence-corrected chi connectivity index (χ3v) is 3.57. The van der Waals surface area contributed by atoms with Crippen molar-refractivity contribution < 1.29 is 14.3 Å². The molecular formula is C13H19N7O3. The zero-order valence-corrected chi connectivity index (χ0v) is 12.9. The number of imidazole rings is 1. The van der Waals surface area contributed by atoms with Crippen molar-refractivity contribution in [2.75, 3.05) is 33.4 Å². The molecule has 0 radical (unpaired) electrons. The van der Waals surface area contributed by atoms with Crippen LogP contribution in [0.3, 0.4) is 0 Å². The Bertz CT molecular complexity index is 627. The molecule has 2 aromatic heterocycles. The van der Waals surface area contributed by atoms with Crippen molar-refractivity contribution >= 4 is 5.91 Å². The van der Waals surface area contributed by atoms with Crippen molar-refractivity contribution in [3.05, 3.63) is 24.0 Å². The number of nitrogens with one attached hydrogen (secondary N) is 1. The van der Waals surface area contributed by atoms with Crippen LogP contribution in [0.1, 0.15) is 17.6 Å². The summed E-state index contributed by atoms with van der Waals surface area (Å²) in [7, 11) is 1.62. The van der Waals surface area contributed by atoms with Crippen molar-refractivity contribution in [1.29, 1.82) is 0 Å². The minimum absolute atomic E-state index is 0.0225. The number of carbonyl (C=O) groups is 1. The van der Waals surface area contributed by atoms with E-state index in [1.54, 1.807) is 24.5 Å². The summed E-state index contributed by atoms with van der Waals surface area (Å²) in [5.41, 5.74) is 0.793. The van der Waals surface area contributed by atoms with Crippen molar-refractivity contribution in [3.63, 3.8) is 0 Å². The summed E-state index contributed by atoms with van der Waals surface area (Å²) in [6, 6.07) is 0. The predicted octanol–water partition coefficient (Wildman–Crippen LogP) is -0.815. The lowest BCUT2D eigenvalue weighted by molar-refractivity contribution is -0.138. The van der Waals surface area contributed by atoms with Crippen LogP contribution in [0.4, 0.5) is 0 Å². The van der Waals surface area contributed by atoms with E-state index in [1.807, 2.05) is 0 Å². The van der Waals surface area contributed by atoms with Crippen molar-refractivity contribution in [2.24, 2.45) is 0 Å². The molecule has 3 heterocycles. The third kappa shape index (κ3) is 3.90. The van der Waals surface area contributed by atoms with Crippen LogP contribution in [0, 0.1) is 0 Å². The maximum absolute atomic E-state index is 12.3. The van der Waals surface area contributed by atoms with E-state index in [2.05, 4.69) is 25.4 Å². The average molecular weight is 321 g/mol. The van der Waals surface area contributed by atoms with Gasteiger partial charge >= 0.3 is 0 Å². The van der Waals surface area contributed by atoms with Gasteiger partial charge in [-0.05, 0) is 5.21 Å². The fourth-order valence-electron chi connectivity index (χ4n) is 2.34. The smallest absolute Gasteiger partial charge is 0.228 e. The molecule has 1 fully saturated rings. The van der Waals surface area contributed by atoms with Gasteiger partial charge in [-0.1, -0.05) is 0 Å². The first kappa shape index (κ1) is 15.6. The van der Waals surface area contributed by atoms with Crippen LogP contribution in [0.5, 0.6) is 0 Å². The Balaban J connectivity index is 1.59. The summed E-state index contributed by atoms with van der Waals surface area (Å²) in [6.07, 6.45) is 3.15. The molecule has 0 bridgehead atoms. The van der Waals surface area contributed by atoms with Gasteiger partial charge < -0.3 is 19.4 Å². The number of amides is 1. The molecule has 3 rings (SSSR count). The van der Waals surface area contributed by atoms with Gasteiger partial charge in [0.1, 0.15) is 6.10 Å². The van der Waals surface area contributed by atoms with Gasteiger partial charge in [0.15, 0.2) is 0 Å². The van der Waals surface area contributed by atoms with Gasteiger partial charge in [-0.15, -0.1) is 10.2 Å². The van der Waals surface area contributed by atoms with Gasteiger partial charge in [0.25, 0.3) is 0 Å². The highest BCUT2D eigenvalue weighted by Crippen LogP contribution is 2.19. The van der Waals surface area contributed by atoms with Crippen molar-refractivity contribution in [3.8, 4) is 0 Å². The largest absolute Gasteiger partial charge is 0.383 e. The standard InChI is InChI=1S/C13H19N7O3/c1-22-4-3-20-17-13(16-18-20)11-8-19(2-5-23-11)12(21)6-10-7-14-9-15-10/h7,9,11H,2-6,8H2,1H3,(H,14,15). The Morgan fingerprint density at radius 2 is 2.48 bits per heavy atom. The molecule has 124 valence electrons. The second kappa shape index (κ2) is 7.29. The Morgan fingerprint density at radius 1 is 1.57 bits per heavy atom. The van der Waals surface area contributed by atoms with E-state index in [4.69, 9.17) is 9.47 Å². The molecule has 1 N–H and O–H groups in total. The van der Waals surface area contributed by atoms with Crippen molar-refractivity contribution in [2.45, 2.75) is 19.1 Å². The second-order valence-electron chi connectivity index (χ2n) is 5.19. The summed E-state index contributed by atoms with van der Waals surface area (Å²) in [5, 5.41) is 12.2. The Morgan fingerprint density at radius 3 is 3.26 bits per heavy atom. The fourth-order valence-corrected chi connectivity index (χ4v) is 2.34. The molecule has 1 aliphatic heterocycles. The molecule has 0 saturated carbocycles. The number of ether oxygens (including phenoxy) is 2. The molecule has 1 atom stereocenters. The van der Waals surface area contributed by atoms with Gasteiger partial charge in [-0.3, -0.25) is 4.79 Å². The zero-order valence-electron chi connectivity index (χ0n) is 12.9. The number of morpholine rings is 1. The number of carbonyl (C=O) groups excluding carboxylic acids is 1. The van der Waals surface area contributed by atoms with Crippen LogP contribution in [0.15, 0.2) is 12.5 Å². The summed E-state index contributed by atoms with van der Waals surface area (Å²) >= 11 is 0. The first-order chi connectivity index (χ1) is 11.3. The SMILES string of the molecule is COCCn1nnc(C2CN(C(=O)Cc3cnc[nH]3)CCO2)n1. The second-order valence-corrected chi connectivity index (χ2v) is 5.19. The molecular weight excluding hydrogens is 302 g/mol. The van der Waals surface area contributed by atoms with Crippen LogP contribution in [-0.4, -0.2) is 74.4 Å². The number of hydrogen-bond donors (Lipinski definition) is 1. The molecule has 1 saturated heterocycles. The number of rotatable bonds is 6. The summed E-state index contributed by atoms with van der Waals surface area (Å²) in [6.45, 7) is 2.46. The molecule has 23 heavy (non-hydrogen) atoms. The van der Waals surface area contributed by atoms with Crippen LogP contribution < -0.4 is 0 Å². The van der Waals surface area contributed by atoms with Gasteiger partial charge in [0.05, 0.1) is 39.1 Å². The minimum atomic E-state index is -0.356. The van der Waals surface area contributed by atoms with Gasteiger partial charge in [0, 0.05) is 25.5 Å². The number of tetrazole rings is 1. The van der Waals surface area contributed by atoms with E-state index in [0.717, 1.165) is 5.69 Å². The van der Waals surface area contributed by atoms with E-state index in [1.165, 1.54) is 4.80 Å². The Kier molecular flexibility index (Phi) is 4.93. The first-order valence-corrected chi connectivity index (χ1v) is 7.39. The molecule has 1 amide bonds. The number of hydrogen-bond acceptors (Lipinski definition) is 7. The molecule has 0 aromatic carbocycles. The number of nitrogens with zero attached hydrogens (tertiary/aromatic N) is 6. The lowest BCUT2D eigenvalue weighted by Gasteiger charge is -2.31. The van der Waals surface area contributed by atoms with Crippen LogP contribution in [0.2, 0.25) is 0 Å². The highest BCUT2D eigenvalue weighted by atomic mass is 16.5. The monoisotopic (exact) mass is 321 g/mol. The Hall–Kier alpha value is -2.33. The fraction of sp³-hybridized carbons (Fsp3) is 0.615.